The highest BCUT2D eigenvalue weighted by Crippen LogP contribution is 2.23. The zero-order valence-corrected chi connectivity index (χ0v) is 13.9. The van der Waals surface area contributed by atoms with Gasteiger partial charge in [0.1, 0.15) is 11.8 Å². The molecule has 132 valence electrons. The van der Waals surface area contributed by atoms with E-state index in [2.05, 4.69) is 15.3 Å². The lowest BCUT2D eigenvalue weighted by Gasteiger charge is -2.29. The number of H-pyrrole nitrogens is 2. The second-order valence-electron chi connectivity index (χ2n) is 6.24. The van der Waals surface area contributed by atoms with E-state index in [1.54, 1.807) is 6.20 Å². The van der Waals surface area contributed by atoms with E-state index in [4.69, 9.17) is 4.74 Å². The molecule has 0 unspecified atom stereocenters. The van der Waals surface area contributed by atoms with Gasteiger partial charge in [-0.15, -0.1) is 0 Å². The van der Waals surface area contributed by atoms with Crippen LogP contribution in [0.15, 0.2) is 34.0 Å². The van der Waals surface area contributed by atoms with Gasteiger partial charge in [-0.25, -0.2) is 9.78 Å². The topological polar surface area (TPSA) is 117 Å². The van der Waals surface area contributed by atoms with Gasteiger partial charge in [-0.05, 0) is 38.2 Å². The number of amides is 1. The van der Waals surface area contributed by atoms with Crippen LogP contribution in [0.2, 0.25) is 0 Å². The average molecular weight is 344 g/mol. The van der Waals surface area contributed by atoms with Crippen LogP contribution in [0.25, 0.3) is 0 Å². The lowest BCUT2D eigenvalue weighted by molar-refractivity contribution is 0.0884. The quantitative estimate of drug-likeness (QED) is 0.761. The molecule has 0 saturated heterocycles. The largest absolute Gasteiger partial charge is 0.474 e. The standard InChI is InChI=1S/C17H20N4O4/c1-10-2-7-15(18-9-10)25-12-5-3-11(4-6-12)19-16(23)13-8-14(22)21-17(24)20-13/h2,7-9,11-12H,3-6H2,1H3,(H,19,23)(H2,20,21,22,24). The lowest BCUT2D eigenvalue weighted by atomic mass is 9.93. The van der Waals surface area contributed by atoms with Crippen molar-refractivity contribution in [3.05, 3.63) is 56.5 Å². The van der Waals surface area contributed by atoms with Gasteiger partial charge < -0.3 is 15.0 Å². The lowest BCUT2D eigenvalue weighted by Crippen LogP contribution is -2.41. The molecular formula is C17H20N4O4. The predicted octanol–water partition coefficient (Wildman–Crippen LogP) is 0.887. The van der Waals surface area contributed by atoms with Gasteiger partial charge in [-0.3, -0.25) is 14.6 Å². The Kier molecular flexibility index (Phi) is 4.97. The maximum absolute atomic E-state index is 12.1. The third-order valence-corrected chi connectivity index (χ3v) is 4.19. The van der Waals surface area contributed by atoms with Crippen LogP contribution < -0.4 is 21.3 Å². The molecule has 0 aliphatic heterocycles. The summed E-state index contributed by atoms with van der Waals surface area (Å²) >= 11 is 0. The molecule has 1 fully saturated rings. The zero-order chi connectivity index (χ0) is 17.8. The van der Waals surface area contributed by atoms with Crippen molar-refractivity contribution in [2.75, 3.05) is 0 Å². The van der Waals surface area contributed by atoms with Gasteiger partial charge in [-0.2, -0.15) is 0 Å². The number of pyridine rings is 1. The normalized spacial score (nSPS) is 20.0. The summed E-state index contributed by atoms with van der Waals surface area (Å²) in [7, 11) is 0. The van der Waals surface area contributed by atoms with Crippen molar-refractivity contribution in [1.82, 2.24) is 20.3 Å². The van der Waals surface area contributed by atoms with Crippen molar-refractivity contribution in [3.8, 4) is 5.88 Å². The number of carbonyl (C=O) groups is 1. The van der Waals surface area contributed by atoms with Gasteiger partial charge in [-0.1, -0.05) is 6.07 Å². The Morgan fingerprint density at radius 1 is 1.20 bits per heavy atom. The number of aromatic amines is 2. The fourth-order valence-electron chi connectivity index (χ4n) is 2.87. The Labute approximate surface area is 143 Å². The molecule has 8 nitrogen and oxygen atoms in total. The molecule has 0 spiro atoms. The first-order chi connectivity index (χ1) is 12.0. The first-order valence-electron chi connectivity index (χ1n) is 8.23. The Morgan fingerprint density at radius 3 is 2.60 bits per heavy atom. The number of hydrogen-bond donors (Lipinski definition) is 3. The fraction of sp³-hybridized carbons (Fsp3) is 0.412. The van der Waals surface area contributed by atoms with Crippen molar-refractivity contribution in [1.29, 1.82) is 0 Å². The van der Waals surface area contributed by atoms with E-state index in [0.29, 0.717) is 5.88 Å². The monoisotopic (exact) mass is 344 g/mol. The molecule has 0 bridgehead atoms. The minimum Gasteiger partial charge on any atom is -0.474 e. The Morgan fingerprint density at radius 2 is 1.96 bits per heavy atom. The predicted molar refractivity (Wildman–Crippen MR) is 90.8 cm³/mol. The van der Waals surface area contributed by atoms with Crippen molar-refractivity contribution in [2.24, 2.45) is 0 Å². The smallest absolute Gasteiger partial charge is 0.326 e. The van der Waals surface area contributed by atoms with Crippen molar-refractivity contribution < 1.29 is 9.53 Å². The van der Waals surface area contributed by atoms with Crippen LogP contribution in [0.1, 0.15) is 41.7 Å². The zero-order valence-electron chi connectivity index (χ0n) is 13.9. The highest BCUT2D eigenvalue weighted by Gasteiger charge is 2.24. The molecule has 1 saturated carbocycles. The van der Waals surface area contributed by atoms with E-state index in [1.165, 1.54) is 0 Å². The molecule has 2 aromatic rings. The van der Waals surface area contributed by atoms with Crippen LogP contribution in [0.3, 0.4) is 0 Å². The minimum absolute atomic E-state index is 0.0129. The maximum atomic E-state index is 12.1. The number of ether oxygens (including phenoxy) is 1. The number of nitrogens with zero attached hydrogens (tertiary/aromatic N) is 1. The number of aromatic nitrogens is 3. The van der Waals surface area contributed by atoms with Crippen molar-refractivity contribution >= 4 is 5.91 Å². The molecule has 0 atom stereocenters. The second kappa shape index (κ2) is 7.33. The highest BCUT2D eigenvalue weighted by atomic mass is 16.5. The summed E-state index contributed by atoms with van der Waals surface area (Å²) in [6.45, 7) is 1.97. The third kappa shape index (κ3) is 4.56. The first-order valence-corrected chi connectivity index (χ1v) is 8.23. The molecule has 1 amide bonds. The van der Waals surface area contributed by atoms with E-state index in [0.717, 1.165) is 37.3 Å². The molecule has 8 heteroatoms. The number of hydrogen-bond acceptors (Lipinski definition) is 5. The van der Waals surface area contributed by atoms with Gasteiger partial charge in [0.15, 0.2) is 0 Å². The van der Waals surface area contributed by atoms with Crippen LogP contribution in [0.5, 0.6) is 5.88 Å². The highest BCUT2D eigenvalue weighted by molar-refractivity contribution is 5.92. The van der Waals surface area contributed by atoms with Gasteiger partial charge in [0.25, 0.3) is 11.5 Å². The molecular weight excluding hydrogens is 324 g/mol. The number of nitrogens with one attached hydrogen (secondary N) is 3. The maximum Gasteiger partial charge on any atom is 0.326 e. The van der Waals surface area contributed by atoms with Crippen LogP contribution in [0.4, 0.5) is 0 Å². The molecule has 2 heterocycles. The Bertz CT molecular complexity index is 820. The Hall–Kier alpha value is -2.90. The summed E-state index contributed by atoms with van der Waals surface area (Å²) < 4.78 is 5.86. The van der Waals surface area contributed by atoms with E-state index < -0.39 is 17.2 Å². The molecule has 2 aromatic heterocycles. The van der Waals surface area contributed by atoms with Gasteiger partial charge in [0.05, 0.1) is 0 Å². The van der Waals surface area contributed by atoms with Crippen molar-refractivity contribution in [3.63, 3.8) is 0 Å². The van der Waals surface area contributed by atoms with Crippen LogP contribution in [-0.4, -0.2) is 33.0 Å². The molecule has 0 radical (unpaired) electrons. The van der Waals surface area contributed by atoms with E-state index in [1.807, 2.05) is 24.0 Å². The van der Waals surface area contributed by atoms with Crippen LogP contribution >= 0.6 is 0 Å². The molecule has 25 heavy (non-hydrogen) atoms. The van der Waals surface area contributed by atoms with E-state index >= 15 is 0 Å². The summed E-state index contributed by atoms with van der Waals surface area (Å²) in [5.41, 5.74) is -0.246. The summed E-state index contributed by atoms with van der Waals surface area (Å²) in [5.74, 6) is 0.159. The third-order valence-electron chi connectivity index (χ3n) is 4.19. The first kappa shape index (κ1) is 16.9. The van der Waals surface area contributed by atoms with E-state index in [-0.39, 0.29) is 17.8 Å². The fourth-order valence-corrected chi connectivity index (χ4v) is 2.87. The molecule has 3 rings (SSSR count). The average Bonchev–Trinajstić information content (AvgIpc) is 2.58. The number of carbonyl (C=O) groups excluding carboxylic acids is 1. The summed E-state index contributed by atoms with van der Waals surface area (Å²) in [5, 5.41) is 2.85. The second-order valence-corrected chi connectivity index (χ2v) is 6.24. The molecule has 1 aliphatic rings. The van der Waals surface area contributed by atoms with Gasteiger partial charge >= 0.3 is 5.69 Å². The number of rotatable bonds is 4. The SMILES string of the molecule is Cc1ccc(OC2CCC(NC(=O)c3cc(=O)[nH]c(=O)[nH]3)CC2)nc1. The summed E-state index contributed by atoms with van der Waals surface area (Å²) in [6, 6.07) is 4.87. The summed E-state index contributed by atoms with van der Waals surface area (Å²) in [6.07, 6.45) is 4.95. The van der Waals surface area contributed by atoms with Gasteiger partial charge in [0, 0.05) is 24.4 Å². The van der Waals surface area contributed by atoms with Crippen LogP contribution in [0, 0.1) is 6.92 Å². The van der Waals surface area contributed by atoms with Crippen LogP contribution in [-0.2, 0) is 0 Å². The summed E-state index contributed by atoms with van der Waals surface area (Å²) in [4.78, 5) is 43.2. The molecule has 3 N–H and O–H groups in total. The van der Waals surface area contributed by atoms with Crippen molar-refractivity contribution in [2.45, 2.75) is 44.8 Å². The van der Waals surface area contributed by atoms with Gasteiger partial charge in [0.2, 0.25) is 5.88 Å². The minimum atomic E-state index is -0.694. The molecule has 0 aromatic carbocycles. The van der Waals surface area contributed by atoms with E-state index in [9.17, 15) is 14.4 Å². The number of aryl methyl sites for hydroxylation is 1. The Balaban J connectivity index is 1.52. The molecule has 1 aliphatic carbocycles.